The largest absolute Gasteiger partial charge is 0.489 e. The average molecular weight is 487 g/mol. The Hall–Kier alpha value is -4.74. The highest BCUT2D eigenvalue weighted by Gasteiger charge is 2.39. The number of carbonyl (C=O) groups is 1. The third-order valence-corrected chi connectivity index (χ3v) is 6.22. The molecule has 5 aromatic rings. The van der Waals surface area contributed by atoms with E-state index in [-0.39, 0.29) is 0 Å². The molecule has 2 N–H and O–H groups in total. The van der Waals surface area contributed by atoms with Gasteiger partial charge in [-0.25, -0.2) is 5.43 Å². The van der Waals surface area contributed by atoms with Gasteiger partial charge < -0.3 is 9.84 Å². The molecule has 0 fully saturated rings. The highest BCUT2D eigenvalue weighted by atomic mass is 16.5. The first-order valence-electron chi connectivity index (χ1n) is 12.0. The first kappa shape index (κ1) is 24.0. The summed E-state index contributed by atoms with van der Waals surface area (Å²) in [6, 6.07) is 39.5. The lowest BCUT2D eigenvalue weighted by Crippen LogP contribution is -2.43. The normalized spacial score (nSPS) is 11.5. The monoisotopic (exact) mass is 486 g/mol. The summed E-state index contributed by atoms with van der Waals surface area (Å²) in [5.74, 6) is 0.0396. The van der Waals surface area contributed by atoms with Crippen molar-refractivity contribution in [3.63, 3.8) is 0 Å². The summed E-state index contributed by atoms with van der Waals surface area (Å²) in [7, 11) is 0. The molecule has 5 heteroatoms. The fourth-order valence-electron chi connectivity index (χ4n) is 4.30. The van der Waals surface area contributed by atoms with Gasteiger partial charge in [0.25, 0.3) is 5.91 Å². The van der Waals surface area contributed by atoms with Crippen LogP contribution in [0.15, 0.2) is 132 Å². The van der Waals surface area contributed by atoms with E-state index in [4.69, 9.17) is 4.74 Å². The van der Waals surface area contributed by atoms with E-state index in [9.17, 15) is 9.90 Å². The Morgan fingerprint density at radius 1 is 0.784 bits per heavy atom. The zero-order chi connectivity index (χ0) is 25.5. The van der Waals surface area contributed by atoms with Crippen molar-refractivity contribution < 1.29 is 14.6 Å². The Bertz CT molecular complexity index is 1490. The molecule has 5 aromatic carbocycles. The Morgan fingerprint density at radius 2 is 1.41 bits per heavy atom. The first-order chi connectivity index (χ1) is 18.1. The minimum atomic E-state index is -1.89. The van der Waals surface area contributed by atoms with E-state index in [1.54, 1.807) is 48.5 Å². The fourth-order valence-corrected chi connectivity index (χ4v) is 4.30. The minimum absolute atomic E-state index is 0.430. The molecular weight excluding hydrogens is 460 g/mol. The number of rotatable bonds is 8. The standard InChI is InChI=1S/C32H26N2O3/c35-31(32(36,27-15-3-1-4-16-27)28-17-5-2-6-18-28)34-33-22-24-11-9-19-29(21-24)37-23-26-14-10-13-25-12-7-8-20-30(25)26/h1-22,36H,23H2,(H,34,35)/b33-22-. The van der Waals surface area contributed by atoms with Crippen molar-refractivity contribution in [2.24, 2.45) is 5.10 Å². The van der Waals surface area contributed by atoms with Crippen LogP contribution in [0.4, 0.5) is 0 Å². The second kappa shape index (κ2) is 10.9. The number of fused-ring (bicyclic) bond motifs is 1. The number of aliphatic hydroxyl groups is 1. The third-order valence-electron chi connectivity index (χ3n) is 6.22. The average Bonchev–Trinajstić information content (AvgIpc) is 2.96. The summed E-state index contributed by atoms with van der Waals surface area (Å²) in [5, 5.41) is 18.0. The second-order valence-electron chi connectivity index (χ2n) is 8.64. The second-order valence-corrected chi connectivity index (χ2v) is 8.64. The predicted molar refractivity (Wildman–Crippen MR) is 146 cm³/mol. The van der Waals surface area contributed by atoms with Crippen LogP contribution in [0.1, 0.15) is 22.3 Å². The van der Waals surface area contributed by atoms with Crippen molar-refractivity contribution in [3.8, 4) is 5.75 Å². The van der Waals surface area contributed by atoms with E-state index in [1.807, 2.05) is 54.6 Å². The Labute approximate surface area is 215 Å². The molecule has 0 aliphatic rings. The SMILES string of the molecule is O=C(N/N=C\c1cccc(OCc2cccc3ccccc23)c1)C(O)(c1ccccc1)c1ccccc1. The number of amides is 1. The van der Waals surface area contributed by atoms with Crippen molar-refractivity contribution in [2.75, 3.05) is 0 Å². The Balaban J connectivity index is 1.29. The summed E-state index contributed by atoms with van der Waals surface area (Å²) >= 11 is 0. The van der Waals surface area contributed by atoms with Gasteiger partial charge in [0.1, 0.15) is 12.4 Å². The number of hydrazone groups is 1. The van der Waals surface area contributed by atoms with E-state index in [0.717, 1.165) is 16.5 Å². The molecule has 0 bridgehead atoms. The maximum Gasteiger partial charge on any atom is 0.281 e. The van der Waals surface area contributed by atoms with Crippen LogP contribution in [0, 0.1) is 0 Å². The summed E-state index contributed by atoms with van der Waals surface area (Å²) < 4.78 is 6.05. The van der Waals surface area contributed by atoms with E-state index in [2.05, 4.69) is 34.8 Å². The van der Waals surface area contributed by atoms with Gasteiger partial charge in [-0.3, -0.25) is 4.79 Å². The van der Waals surface area contributed by atoms with Gasteiger partial charge in [0.2, 0.25) is 0 Å². The molecule has 182 valence electrons. The fraction of sp³-hybridized carbons (Fsp3) is 0.0625. The van der Waals surface area contributed by atoms with E-state index < -0.39 is 11.5 Å². The molecule has 1 amide bonds. The maximum atomic E-state index is 13.2. The molecule has 0 spiro atoms. The molecule has 0 saturated carbocycles. The molecule has 37 heavy (non-hydrogen) atoms. The zero-order valence-electron chi connectivity index (χ0n) is 20.1. The molecule has 0 atom stereocenters. The van der Waals surface area contributed by atoms with Gasteiger partial charge in [-0.2, -0.15) is 5.10 Å². The summed E-state index contributed by atoms with van der Waals surface area (Å²) in [4.78, 5) is 13.2. The lowest BCUT2D eigenvalue weighted by atomic mass is 9.85. The van der Waals surface area contributed by atoms with E-state index in [0.29, 0.717) is 23.5 Å². The maximum absolute atomic E-state index is 13.2. The quantitative estimate of drug-likeness (QED) is 0.215. The smallest absolute Gasteiger partial charge is 0.281 e. The van der Waals surface area contributed by atoms with E-state index >= 15 is 0 Å². The van der Waals surface area contributed by atoms with Crippen LogP contribution in [0.2, 0.25) is 0 Å². The molecule has 0 heterocycles. The number of hydrogen-bond donors (Lipinski definition) is 2. The van der Waals surface area contributed by atoms with Gasteiger partial charge in [0.15, 0.2) is 5.60 Å². The summed E-state index contributed by atoms with van der Waals surface area (Å²) in [5.41, 5.74) is 3.38. The van der Waals surface area contributed by atoms with Crippen molar-refractivity contribution in [3.05, 3.63) is 150 Å². The van der Waals surface area contributed by atoms with Crippen LogP contribution < -0.4 is 10.2 Å². The van der Waals surface area contributed by atoms with Crippen molar-refractivity contribution in [2.45, 2.75) is 12.2 Å². The van der Waals surface area contributed by atoms with Crippen LogP contribution >= 0.6 is 0 Å². The van der Waals surface area contributed by atoms with Crippen LogP contribution in [0.5, 0.6) is 5.75 Å². The van der Waals surface area contributed by atoms with Crippen molar-refractivity contribution in [1.82, 2.24) is 5.43 Å². The molecular formula is C32H26N2O3. The van der Waals surface area contributed by atoms with Gasteiger partial charge in [0.05, 0.1) is 6.21 Å². The van der Waals surface area contributed by atoms with Crippen LogP contribution in [-0.2, 0) is 17.0 Å². The van der Waals surface area contributed by atoms with Gasteiger partial charge in [-0.1, -0.05) is 115 Å². The summed E-state index contributed by atoms with van der Waals surface area (Å²) in [6.07, 6.45) is 1.53. The minimum Gasteiger partial charge on any atom is -0.489 e. The lowest BCUT2D eigenvalue weighted by molar-refractivity contribution is -0.136. The molecule has 0 radical (unpaired) electrons. The molecule has 0 aliphatic carbocycles. The zero-order valence-corrected chi connectivity index (χ0v) is 20.1. The first-order valence-corrected chi connectivity index (χ1v) is 12.0. The molecule has 0 unspecified atom stereocenters. The number of hydrogen-bond acceptors (Lipinski definition) is 4. The third kappa shape index (κ3) is 5.27. The Kier molecular flexibility index (Phi) is 7.06. The number of benzene rings is 5. The van der Waals surface area contributed by atoms with Gasteiger partial charge in [-0.05, 0) is 45.2 Å². The van der Waals surface area contributed by atoms with Crippen molar-refractivity contribution >= 4 is 22.9 Å². The van der Waals surface area contributed by atoms with Crippen LogP contribution in [0.25, 0.3) is 10.8 Å². The highest BCUT2D eigenvalue weighted by Crippen LogP contribution is 2.30. The molecule has 5 rings (SSSR count). The number of ether oxygens (including phenoxy) is 1. The Morgan fingerprint density at radius 3 is 2.14 bits per heavy atom. The highest BCUT2D eigenvalue weighted by molar-refractivity contribution is 5.91. The number of nitrogens with one attached hydrogen (secondary N) is 1. The topological polar surface area (TPSA) is 70.9 Å². The lowest BCUT2D eigenvalue weighted by Gasteiger charge is -2.27. The molecule has 0 aromatic heterocycles. The van der Waals surface area contributed by atoms with Crippen LogP contribution in [0.3, 0.4) is 0 Å². The number of nitrogens with zero attached hydrogens (tertiary/aromatic N) is 1. The molecule has 5 nitrogen and oxygen atoms in total. The van der Waals surface area contributed by atoms with Gasteiger partial charge in [-0.15, -0.1) is 0 Å². The number of carbonyl (C=O) groups excluding carboxylic acids is 1. The summed E-state index contributed by atoms with van der Waals surface area (Å²) in [6.45, 7) is 0.430. The van der Waals surface area contributed by atoms with Gasteiger partial charge in [0, 0.05) is 0 Å². The van der Waals surface area contributed by atoms with E-state index in [1.165, 1.54) is 11.6 Å². The van der Waals surface area contributed by atoms with Crippen molar-refractivity contribution in [1.29, 1.82) is 0 Å². The van der Waals surface area contributed by atoms with Crippen LogP contribution in [-0.4, -0.2) is 17.2 Å². The van der Waals surface area contributed by atoms with Gasteiger partial charge >= 0.3 is 0 Å². The predicted octanol–water partition coefficient (Wildman–Crippen LogP) is 5.81. The molecule has 0 saturated heterocycles. The molecule has 0 aliphatic heterocycles.